The first-order chi connectivity index (χ1) is 15.6. The minimum Gasteiger partial charge on any atom is -0.467 e. The van der Waals surface area contributed by atoms with Gasteiger partial charge in [-0.1, -0.05) is 36.4 Å². The summed E-state index contributed by atoms with van der Waals surface area (Å²) in [7, 11) is 0. The molecule has 0 aliphatic heterocycles. The Labute approximate surface area is 179 Å². The molecule has 6 rings (SSSR count). The third-order valence-corrected chi connectivity index (χ3v) is 5.83. The number of fused-ring (bicyclic) bond motifs is 2. The molecule has 6 heteroatoms. The van der Waals surface area contributed by atoms with Gasteiger partial charge in [-0.25, -0.2) is 9.41 Å². The Morgan fingerprint density at radius 1 is 0.844 bits per heavy atom. The van der Waals surface area contributed by atoms with Gasteiger partial charge >= 0.3 is 0 Å². The first-order valence-corrected chi connectivity index (χ1v) is 9.80. The maximum atomic E-state index is 13.5. The fourth-order valence-corrected chi connectivity index (χ4v) is 4.50. The summed E-state index contributed by atoms with van der Waals surface area (Å²) in [4.78, 5) is 30.6. The lowest BCUT2D eigenvalue weighted by atomic mass is 9.92. The van der Waals surface area contributed by atoms with Crippen LogP contribution >= 0.6 is 0 Å². The molecule has 6 nitrogen and oxygen atoms in total. The molecule has 0 atom stereocenters. The number of nitriles is 1. The van der Waals surface area contributed by atoms with E-state index in [0.717, 1.165) is 4.57 Å². The maximum Gasteiger partial charge on any atom is 0.266 e. The highest BCUT2D eigenvalue weighted by Crippen LogP contribution is 2.42. The zero-order valence-corrected chi connectivity index (χ0v) is 16.4. The Morgan fingerprint density at radius 3 is 2.25 bits per heavy atom. The molecule has 0 aliphatic rings. The number of hydrogen-bond acceptors (Lipinski definition) is 4. The molecule has 0 N–H and O–H groups in total. The summed E-state index contributed by atoms with van der Waals surface area (Å²) in [6.45, 7) is 7.69. The molecular formula is C26H11N3O3. The highest BCUT2D eigenvalue weighted by molar-refractivity contribution is 6.30. The molecule has 4 aromatic carbocycles. The van der Waals surface area contributed by atoms with Crippen LogP contribution in [-0.2, 0) is 0 Å². The molecule has 2 heterocycles. The number of para-hydroxylation sites is 2. The summed E-state index contributed by atoms with van der Waals surface area (Å²) in [5.74, 6) is 0. The number of benzene rings is 4. The van der Waals surface area contributed by atoms with Gasteiger partial charge < -0.3 is 4.42 Å². The van der Waals surface area contributed by atoms with Crippen molar-refractivity contribution in [3.63, 3.8) is 0 Å². The molecule has 0 radical (unpaired) electrons. The minimum absolute atomic E-state index is 0.153. The van der Waals surface area contributed by atoms with Crippen molar-refractivity contribution in [2.45, 2.75) is 0 Å². The quantitative estimate of drug-likeness (QED) is 0.209. The number of rotatable bonds is 1. The molecular weight excluding hydrogens is 402 g/mol. The van der Waals surface area contributed by atoms with Gasteiger partial charge in [-0.05, 0) is 30.3 Å². The highest BCUT2D eigenvalue weighted by atomic mass is 16.3. The van der Waals surface area contributed by atoms with Gasteiger partial charge in [-0.15, -0.1) is 0 Å². The van der Waals surface area contributed by atoms with Gasteiger partial charge in [0.15, 0.2) is 0 Å². The second-order valence-corrected chi connectivity index (χ2v) is 7.47. The Balaban J connectivity index is 2.01. The van der Waals surface area contributed by atoms with Gasteiger partial charge in [0.1, 0.15) is 11.2 Å². The normalized spacial score (nSPS) is 11.3. The van der Waals surface area contributed by atoms with Crippen molar-refractivity contribution in [3.8, 4) is 11.8 Å². The van der Waals surface area contributed by atoms with Crippen LogP contribution in [0.1, 0.15) is 5.56 Å². The SMILES string of the molecule is [C-]#[N+]c1cc2c(=O)n(-c3ccccc3)c(=O)c3cc(C#N)c4c5ccccc5oc1c4c23. The lowest BCUT2D eigenvalue weighted by Crippen LogP contribution is -2.32. The first kappa shape index (κ1) is 17.9. The van der Waals surface area contributed by atoms with Crippen LogP contribution in [0.4, 0.5) is 5.69 Å². The van der Waals surface area contributed by atoms with Crippen molar-refractivity contribution in [2.24, 2.45) is 0 Å². The average Bonchev–Trinajstić information content (AvgIpc) is 2.84. The maximum absolute atomic E-state index is 13.5. The lowest BCUT2D eigenvalue weighted by molar-refractivity contribution is 0.664. The number of aromatic nitrogens is 1. The van der Waals surface area contributed by atoms with E-state index in [2.05, 4.69) is 10.9 Å². The summed E-state index contributed by atoms with van der Waals surface area (Å²) in [6, 6.07) is 21.0. The molecule has 2 aromatic heterocycles. The molecule has 0 saturated carbocycles. The van der Waals surface area contributed by atoms with E-state index in [4.69, 9.17) is 11.0 Å². The number of nitrogens with zero attached hydrogens (tertiary/aromatic N) is 3. The zero-order chi connectivity index (χ0) is 22.0. The second kappa shape index (κ2) is 6.28. The lowest BCUT2D eigenvalue weighted by Gasteiger charge is -2.16. The van der Waals surface area contributed by atoms with E-state index in [9.17, 15) is 14.9 Å². The van der Waals surface area contributed by atoms with Crippen LogP contribution in [-0.4, -0.2) is 4.57 Å². The molecule has 0 unspecified atom stereocenters. The van der Waals surface area contributed by atoms with Crippen LogP contribution in [0.25, 0.3) is 54.0 Å². The second-order valence-electron chi connectivity index (χ2n) is 7.47. The highest BCUT2D eigenvalue weighted by Gasteiger charge is 2.24. The smallest absolute Gasteiger partial charge is 0.266 e. The summed E-state index contributed by atoms with van der Waals surface area (Å²) < 4.78 is 7.16. The third-order valence-electron chi connectivity index (χ3n) is 5.83. The van der Waals surface area contributed by atoms with Crippen molar-refractivity contribution in [2.75, 3.05) is 0 Å². The van der Waals surface area contributed by atoms with Crippen molar-refractivity contribution >= 4 is 49.2 Å². The van der Waals surface area contributed by atoms with Crippen molar-refractivity contribution in [1.82, 2.24) is 4.57 Å². The van der Waals surface area contributed by atoms with Crippen LogP contribution in [0.5, 0.6) is 0 Å². The van der Waals surface area contributed by atoms with Crippen molar-refractivity contribution < 1.29 is 4.42 Å². The van der Waals surface area contributed by atoms with Crippen molar-refractivity contribution in [3.05, 3.63) is 104 Å². The Kier molecular flexibility index (Phi) is 3.51. The third kappa shape index (κ3) is 2.15. The van der Waals surface area contributed by atoms with Gasteiger partial charge in [0.05, 0.1) is 29.3 Å². The predicted molar refractivity (Wildman–Crippen MR) is 123 cm³/mol. The van der Waals surface area contributed by atoms with Crippen molar-refractivity contribution in [1.29, 1.82) is 5.26 Å². The van der Waals surface area contributed by atoms with E-state index in [0.29, 0.717) is 32.8 Å². The number of pyridine rings is 1. The summed E-state index contributed by atoms with van der Waals surface area (Å²) in [5.41, 5.74) is 0.611. The van der Waals surface area contributed by atoms with Crippen LogP contribution in [0.15, 0.2) is 80.7 Å². The molecule has 148 valence electrons. The molecule has 0 bridgehead atoms. The summed E-state index contributed by atoms with van der Waals surface area (Å²) in [5, 5.41) is 12.6. The fraction of sp³-hybridized carbons (Fsp3) is 0. The van der Waals surface area contributed by atoms with Crippen LogP contribution in [0, 0.1) is 17.9 Å². The first-order valence-electron chi connectivity index (χ1n) is 9.80. The van der Waals surface area contributed by atoms with Crippen LogP contribution in [0.2, 0.25) is 0 Å². The Morgan fingerprint density at radius 2 is 1.53 bits per heavy atom. The molecule has 0 spiro atoms. The zero-order valence-electron chi connectivity index (χ0n) is 16.4. The fourth-order valence-electron chi connectivity index (χ4n) is 4.50. The summed E-state index contributed by atoms with van der Waals surface area (Å²) in [6.07, 6.45) is 0. The molecule has 0 amide bonds. The molecule has 32 heavy (non-hydrogen) atoms. The van der Waals surface area contributed by atoms with Gasteiger partial charge in [0, 0.05) is 26.9 Å². The molecule has 0 saturated heterocycles. The van der Waals surface area contributed by atoms with Crippen LogP contribution in [0.3, 0.4) is 0 Å². The van der Waals surface area contributed by atoms with E-state index in [1.807, 2.05) is 12.1 Å². The van der Waals surface area contributed by atoms with Gasteiger partial charge in [0.2, 0.25) is 5.69 Å². The molecule has 0 aliphatic carbocycles. The van der Waals surface area contributed by atoms with Gasteiger partial charge in [-0.2, -0.15) is 5.26 Å². The van der Waals surface area contributed by atoms with E-state index in [1.165, 1.54) is 12.1 Å². The Bertz CT molecular complexity index is 1900. The Hall–Kier alpha value is -4.94. The van der Waals surface area contributed by atoms with E-state index < -0.39 is 11.1 Å². The van der Waals surface area contributed by atoms with Crippen LogP contribution < -0.4 is 11.1 Å². The predicted octanol–water partition coefficient (Wildman–Crippen LogP) is 5.26. The number of hydrogen-bond donors (Lipinski definition) is 0. The van der Waals surface area contributed by atoms with Gasteiger partial charge in [-0.3, -0.25) is 9.59 Å². The standard InChI is InChI=1S/C26H11N3O3/c1-28-19-12-18-22-17(25(30)29(26(18)31)15-7-3-2-4-8-15)11-14(13-27)21-16-9-5-6-10-20(16)32-24(19)23(21)22/h2-12H. The largest absolute Gasteiger partial charge is 0.467 e. The molecule has 6 aromatic rings. The minimum atomic E-state index is -0.517. The topological polar surface area (TPSA) is 80.4 Å². The molecule has 0 fully saturated rings. The van der Waals surface area contributed by atoms with E-state index >= 15 is 0 Å². The monoisotopic (exact) mass is 413 g/mol. The summed E-state index contributed by atoms with van der Waals surface area (Å²) >= 11 is 0. The van der Waals surface area contributed by atoms with Gasteiger partial charge in [0.25, 0.3) is 11.1 Å². The van der Waals surface area contributed by atoms with E-state index in [-0.39, 0.29) is 27.6 Å². The van der Waals surface area contributed by atoms with E-state index in [1.54, 1.807) is 42.5 Å². The average molecular weight is 413 g/mol.